The molecule has 0 saturated heterocycles. The number of hydrogen-bond donors (Lipinski definition) is 2. The molecule has 1 aliphatic carbocycles. The van der Waals surface area contributed by atoms with Gasteiger partial charge in [0.1, 0.15) is 0 Å². The molecule has 0 saturated carbocycles. The van der Waals surface area contributed by atoms with Crippen LogP contribution in [0.2, 0.25) is 0 Å². The minimum Gasteiger partial charge on any atom is -0.396 e. The van der Waals surface area contributed by atoms with Crippen LogP contribution in [0.25, 0.3) is 0 Å². The third-order valence-corrected chi connectivity index (χ3v) is 3.41. The van der Waals surface area contributed by atoms with E-state index in [0.29, 0.717) is 6.42 Å². The fraction of sp³-hybridized carbons (Fsp3) is 0.400. The number of aliphatic hydroxyl groups is 1. The van der Waals surface area contributed by atoms with Crippen LogP contribution >= 0.6 is 0 Å². The Labute approximate surface area is 116 Å². The molecule has 1 aromatic rings. The van der Waals surface area contributed by atoms with Crippen LogP contribution in [0.15, 0.2) is 30.4 Å². The summed E-state index contributed by atoms with van der Waals surface area (Å²) in [5.41, 5.74) is 0.204. The smallest absolute Gasteiger partial charge is 0.220 e. The summed E-state index contributed by atoms with van der Waals surface area (Å²) in [5, 5.41) is 11.8. The van der Waals surface area contributed by atoms with Crippen molar-refractivity contribution < 1.29 is 18.7 Å². The molecule has 3 nitrogen and oxygen atoms in total. The molecule has 2 N–H and O–H groups in total. The van der Waals surface area contributed by atoms with Crippen molar-refractivity contribution in [3.63, 3.8) is 0 Å². The van der Waals surface area contributed by atoms with Crippen molar-refractivity contribution in [2.45, 2.75) is 25.3 Å². The van der Waals surface area contributed by atoms with E-state index in [1.54, 1.807) is 0 Å². The lowest BCUT2D eigenvalue weighted by molar-refractivity contribution is -0.121. The van der Waals surface area contributed by atoms with Gasteiger partial charge in [-0.2, -0.15) is 0 Å². The predicted octanol–water partition coefficient (Wildman–Crippen LogP) is 1.95. The average Bonchev–Trinajstić information content (AvgIpc) is 2.88. The van der Waals surface area contributed by atoms with Crippen LogP contribution in [0.1, 0.15) is 18.4 Å². The molecule has 1 aliphatic rings. The van der Waals surface area contributed by atoms with Crippen molar-refractivity contribution in [3.8, 4) is 0 Å². The van der Waals surface area contributed by atoms with Gasteiger partial charge in [-0.15, -0.1) is 0 Å². The summed E-state index contributed by atoms with van der Waals surface area (Å²) in [6, 6.07) is 3.87. The van der Waals surface area contributed by atoms with Gasteiger partial charge in [0.15, 0.2) is 11.6 Å². The molecule has 2 atom stereocenters. The SMILES string of the molecule is O=C(CCc1cccc(F)c1F)N[C@@H]1C=C[C@H](CO)C1. The molecule has 0 radical (unpaired) electrons. The predicted molar refractivity (Wildman–Crippen MR) is 70.9 cm³/mol. The van der Waals surface area contributed by atoms with Gasteiger partial charge in [-0.3, -0.25) is 4.79 Å². The highest BCUT2D eigenvalue weighted by molar-refractivity contribution is 5.76. The number of aryl methyl sites for hydroxylation is 1. The van der Waals surface area contributed by atoms with Crippen molar-refractivity contribution in [3.05, 3.63) is 47.5 Å². The summed E-state index contributed by atoms with van der Waals surface area (Å²) in [4.78, 5) is 11.7. The van der Waals surface area contributed by atoms with E-state index in [9.17, 15) is 13.6 Å². The lowest BCUT2D eigenvalue weighted by Gasteiger charge is -2.12. The van der Waals surface area contributed by atoms with Crippen molar-refractivity contribution in [1.29, 1.82) is 0 Å². The number of rotatable bonds is 5. The van der Waals surface area contributed by atoms with Crippen LogP contribution < -0.4 is 5.32 Å². The summed E-state index contributed by atoms with van der Waals surface area (Å²) in [7, 11) is 0. The van der Waals surface area contributed by atoms with Gasteiger partial charge < -0.3 is 10.4 Å². The number of benzene rings is 1. The second kappa shape index (κ2) is 6.61. The third kappa shape index (κ3) is 3.63. The monoisotopic (exact) mass is 281 g/mol. The fourth-order valence-electron chi connectivity index (χ4n) is 2.29. The van der Waals surface area contributed by atoms with Crippen LogP contribution in [-0.4, -0.2) is 23.7 Å². The van der Waals surface area contributed by atoms with Gasteiger partial charge in [-0.1, -0.05) is 24.3 Å². The normalized spacial score (nSPS) is 21.1. The van der Waals surface area contributed by atoms with Crippen LogP contribution in [0.5, 0.6) is 0 Å². The molecular formula is C15H17F2NO2. The second-order valence-corrected chi connectivity index (χ2v) is 4.95. The van der Waals surface area contributed by atoms with Crippen LogP contribution in [0, 0.1) is 17.6 Å². The van der Waals surface area contributed by atoms with Gasteiger partial charge in [-0.25, -0.2) is 8.78 Å². The molecule has 5 heteroatoms. The Morgan fingerprint density at radius 1 is 1.35 bits per heavy atom. The van der Waals surface area contributed by atoms with Crippen LogP contribution in [0.3, 0.4) is 0 Å². The zero-order valence-corrected chi connectivity index (χ0v) is 11.0. The summed E-state index contributed by atoms with van der Waals surface area (Å²) >= 11 is 0. The number of amides is 1. The van der Waals surface area contributed by atoms with Crippen LogP contribution in [-0.2, 0) is 11.2 Å². The van der Waals surface area contributed by atoms with Crippen LogP contribution in [0.4, 0.5) is 8.78 Å². The Hall–Kier alpha value is -1.75. The maximum atomic E-state index is 13.4. The zero-order chi connectivity index (χ0) is 14.5. The van der Waals surface area contributed by atoms with E-state index in [1.165, 1.54) is 12.1 Å². The molecule has 2 rings (SSSR count). The maximum Gasteiger partial charge on any atom is 0.220 e. The molecule has 1 amide bonds. The molecule has 0 heterocycles. The Kier molecular flexibility index (Phi) is 4.84. The van der Waals surface area contributed by atoms with E-state index in [0.717, 1.165) is 6.07 Å². The van der Waals surface area contributed by atoms with Crippen molar-refractivity contribution >= 4 is 5.91 Å². The molecule has 108 valence electrons. The standard InChI is InChI=1S/C15H17F2NO2/c16-13-3-1-2-11(15(13)17)5-7-14(20)18-12-6-4-10(8-12)9-19/h1-4,6,10,12,19H,5,7-9H2,(H,18,20)/t10-,12+/m0/s1. The first-order valence-electron chi connectivity index (χ1n) is 6.61. The molecular weight excluding hydrogens is 264 g/mol. The van der Waals surface area contributed by atoms with Gasteiger partial charge in [0.05, 0.1) is 0 Å². The van der Waals surface area contributed by atoms with Crippen molar-refractivity contribution in [2.75, 3.05) is 6.61 Å². The third-order valence-electron chi connectivity index (χ3n) is 3.41. The highest BCUT2D eigenvalue weighted by Crippen LogP contribution is 2.17. The Balaban J connectivity index is 1.81. The van der Waals surface area contributed by atoms with Gasteiger partial charge in [0, 0.05) is 25.0 Å². The molecule has 0 unspecified atom stereocenters. The van der Waals surface area contributed by atoms with E-state index in [2.05, 4.69) is 5.32 Å². The average molecular weight is 281 g/mol. The van der Waals surface area contributed by atoms with E-state index in [1.807, 2.05) is 12.2 Å². The number of aliphatic hydroxyl groups excluding tert-OH is 1. The zero-order valence-electron chi connectivity index (χ0n) is 11.0. The Morgan fingerprint density at radius 2 is 2.15 bits per heavy atom. The van der Waals surface area contributed by atoms with E-state index in [4.69, 9.17) is 5.11 Å². The topological polar surface area (TPSA) is 49.3 Å². The van der Waals surface area contributed by atoms with E-state index >= 15 is 0 Å². The van der Waals surface area contributed by atoms with E-state index < -0.39 is 11.6 Å². The molecule has 0 fully saturated rings. The largest absolute Gasteiger partial charge is 0.396 e. The molecule has 20 heavy (non-hydrogen) atoms. The van der Waals surface area contributed by atoms with E-state index in [-0.39, 0.29) is 42.9 Å². The number of carbonyl (C=O) groups is 1. The number of halogens is 2. The first kappa shape index (κ1) is 14.7. The van der Waals surface area contributed by atoms with Gasteiger partial charge >= 0.3 is 0 Å². The Bertz CT molecular complexity index is 517. The number of carbonyl (C=O) groups excluding carboxylic acids is 1. The molecule has 1 aromatic carbocycles. The first-order chi connectivity index (χ1) is 9.60. The minimum absolute atomic E-state index is 0.0668. The summed E-state index contributed by atoms with van der Waals surface area (Å²) in [5.74, 6) is -1.91. The second-order valence-electron chi connectivity index (χ2n) is 4.95. The van der Waals surface area contributed by atoms with Crippen molar-refractivity contribution in [1.82, 2.24) is 5.32 Å². The maximum absolute atomic E-state index is 13.4. The summed E-state index contributed by atoms with van der Waals surface area (Å²) in [6.07, 6.45) is 4.67. The highest BCUT2D eigenvalue weighted by Gasteiger charge is 2.19. The highest BCUT2D eigenvalue weighted by atomic mass is 19.2. The van der Waals surface area contributed by atoms with Gasteiger partial charge in [0.25, 0.3) is 0 Å². The van der Waals surface area contributed by atoms with Gasteiger partial charge in [-0.05, 0) is 24.5 Å². The number of nitrogens with one attached hydrogen (secondary N) is 1. The molecule has 0 aliphatic heterocycles. The van der Waals surface area contributed by atoms with Gasteiger partial charge in [0.2, 0.25) is 5.91 Å². The lowest BCUT2D eigenvalue weighted by atomic mass is 10.1. The minimum atomic E-state index is -0.896. The first-order valence-corrected chi connectivity index (χ1v) is 6.61. The fourth-order valence-corrected chi connectivity index (χ4v) is 2.29. The molecule has 0 bridgehead atoms. The molecule has 0 spiro atoms. The number of hydrogen-bond acceptors (Lipinski definition) is 2. The van der Waals surface area contributed by atoms with Crippen molar-refractivity contribution in [2.24, 2.45) is 5.92 Å². The Morgan fingerprint density at radius 3 is 2.85 bits per heavy atom. The quantitative estimate of drug-likeness (QED) is 0.810. The molecule has 0 aromatic heterocycles. The lowest BCUT2D eigenvalue weighted by Crippen LogP contribution is -2.33. The summed E-state index contributed by atoms with van der Waals surface area (Å²) in [6.45, 7) is 0.0668. The summed E-state index contributed by atoms with van der Waals surface area (Å²) < 4.78 is 26.4.